The van der Waals surface area contributed by atoms with E-state index in [1.54, 1.807) is 29.2 Å². The van der Waals surface area contributed by atoms with Crippen molar-refractivity contribution in [2.45, 2.75) is 13.5 Å². The molecule has 4 heteroatoms. The van der Waals surface area contributed by atoms with Gasteiger partial charge in [0.05, 0.1) is 7.11 Å². The Hall–Kier alpha value is -2.36. The van der Waals surface area contributed by atoms with Crippen molar-refractivity contribution in [1.82, 2.24) is 4.90 Å². The number of ether oxygens (including phenoxy) is 1. The average Bonchev–Trinajstić information content (AvgIpc) is 2.53. The van der Waals surface area contributed by atoms with Crippen molar-refractivity contribution in [1.29, 1.82) is 0 Å². The fourth-order valence-electron chi connectivity index (χ4n) is 2.12. The summed E-state index contributed by atoms with van der Waals surface area (Å²) in [7, 11) is 1.43. The fourth-order valence-corrected chi connectivity index (χ4v) is 2.12. The lowest BCUT2D eigenvalue weighted by Gasteiger charge is -2.21. The number of benzene rings is 2. The van der Waals surface area contributed by atoms with Gasteiger partial charge in [-0.25, -0.2) is 4.39 Å². The Morgan fingerprint density at radius 3 is 2.48 bits per heavy atom. The molecule has 0 aliphatic carbocycles. The third kappa shape index (κ3) is 3.60. The van der Waals surface area contributed by atoms with E-state index in [0.717, 1.165) is 5.56 Å². The summed E-state index contributed by atoms with van der Waals surface area (Å²) >= 11 is 0. The highest BCUT2D eigenvalue weighted by Gasteiger charge is 2.15. The molecule has 0 heterocycles. The monoisotopic (exact) mass is 287 g/mol. The molecule has 2 rings (SSSR count). The molecule has 0 saturated heterocycles. The molecule has 0 fully saturated rings. The minimum Gasteiger partial charge on any atom is -0.494 e. The Kier molecular flexibility index (Phi) is 4.93. The van der Waals surface area contributed by atoms with Gasteiger partial charge in [-0.1, -0.05) is 24.3 Å². The van der Waals surface area contributed by atoms with Gasteiger partial charge in [-0.05, 0) is 36.8 Å². The molecule has 2 aromatic carbocycles. The summed E-state index contributed by atoms with van der Waals surface area (Å²) in [4.78, 5) is 14.1. The van der Waals surface area contributed by atoms with Crippen LogP contribution < -0.4 is 4.74 Å². The summed E-state index contributed by atoms with van der Waals surface area (Å²) in [5, 5.41) is 0. The zero-order chi connectivity index (χ0) is 15.2. The van der Waals surface area contributed by atoms with Gasteiger partial charge in [-0.3, -0.25) is 4.79 Å². The Morgan fingerprint density at radius 2 is 1.90 bits per heavy atom. The number of methoxy groups -OCH3 is 1. The second-order valence-electron chi connectivity index (χ2n) is 4.65. The molecule has 0 atom stereocenters. The first-order valence-corrected chi connectivity index (χ1v) is 6.82. The van der Waals surface area contributed by atoms with Crippen LogP contribution in [0, 0.1) is 5.82 Å². The van der Waals surface area contributed by atoms with Crippen LogP contribution in [0.3, 0.4) is 0 Å². The Morgan fingerprint density at radius 1 is 1.19 bits per heavy atom. The molecule has 110 valence electrons. The Labute approximate surface area is 124 Å². The van der Waals surface area contributed by atoms with E-state index in [2.05, 4.69) is 0 Å². The lowest BCUT2D eigenvalue weighted by atomic mass is 10.1. The molecule has 0 aliphatic rings. The van der Waals surface area contributed by atoms with Crippen molar-refractivity contribution in [3.05, 3.63) is 65.5 Å². The fraction of sp³-hybridized carbons (Fsp3) is 0.235. The predicted octanol–water partition coefficient (Wildman–Crippen LogP) is 3.50. The summed E-state index contributed by atoms with van der Waals surface area (Å²) in [6.45, 7) is 2.83. The summed E-state index contributed by atoms with van der Waals surface area (Å²) < 4.78 is 18.6. The molecule has 0 spiro atoms. The molecule has 0 saturated carbocycles. The molecule has 0 N–H and O–H groups in total. The Bertz CT molecular complexity index is 613. The van der Waals surface area contributed by atoms with Crippen LogP contribution in [0.5, 0.6) is 5.75 Å². The van der Waals surface area contributed by atoms with E-state index in [0.29, 0.717) is 18.7 Å². The lowest BCUT2D eigenvalue weighted by molar-refractivity contribution is 0.0752. The smallest absolute Gasteiger partial charge is 0.254 e. The second kappa shape index (κ2) is 6.88. The maximum atomic E-state index is 13.7. The highest BCUT2D eigenvalue weighted by atomic mass is 19.1. The number of carbonyl (C=O) groups excluding carboxylic acids is 1. The quantitative estimate of drug-likeness (QED) is 0.842. The maximum absolute atomic E-state index is 13.7. The third-order valence-corrected chi connectivity index (χ3v) is 3.28. The summed E-state index contributed by atoms with van der Waals surface area (Å²) in [6, 6.07) is 13.8. The number of hydrogen-bond acceptors (Lipinski definition) is 2. The SMILES string of the molecule is CCN(Cc1ccc(OC)c(F)c1)C(=O)c1ccccc1. The van der Waals surface area contributed by atoms with E-state index in [1.807, 2.05) is 25.1 Å². The molecule has 0 aromatic heterocycles. The van der Waals surface area contributed by atoms with Crippen LogP contribution in [0.15, 0.2) is 48.5 Å². The first-order valence-electron chi connectivity index (χ1n) is 6.82. The van der Waals surface area contributed by atoms with E-state index < -0.39 is 5.82 Å². The van der Waals surface area contributed by atoms with E-state index >= 15 is 0 Å². The minimum atomic E-state index is -0.418. The van der Waals surface area contributed by atoms with Gasteiger partial charge in [0.15, 0.2) is 11.6 Å². The molecule has 3 nitrogen and oxygen atoms in total. The largest absolute Gasteiger partial charge is 0.494 e. The second-order valence-corrected chi connectivity index (χ2v) is 4.65. The van der Waals surface area contributed by atoms with Crippen molar-refractivity contribution in [2.24, 2.45) is 0 Å². The van der Waals surface area contributed by atoms with Gasteiger partial charge in [-0.15, -0.1) is 0 Å². The highest BCUT2D eigenvalue weighted by molar-refractivity contribution is 5.94. The van der Waals surface area contributed by atoms with Gasteiger partial charge < -0.3 is 9.64 Å². The van der Waals surface area contributed by atoms with Crippen LogP contribution in [0.25, 0.3) is 0 Å². The first kappa shape index (κ1) is 15.0. The van der Waals surface area contributed by atoms with Crippen LogP contribution in [-0.4, -0.2) is 24.5 Å². The van der Waals surface area contributed by atoms with Gasteiger partial charge in [0, 0.05) is 18.7 Å². The van der Waals surface area contributed by atoms with Gasteiger partial charge >= 0.3 is 0 Å². The molecule has 1 amide bonds. The van der Waals surface area contributed by atoms with Crippen molar-refractivity contribution >= 4 is 5.91 Å². The molecular weight excluding hydrogens is 269 g/mol. The first-order chi connectivity index (χ1) is 10.2. The van der Waals surface area contributed by atoms with Crippen molar-refractivity contribution < 1.29 is 13.9 Å². The maximum Gasteiger partial charge on any atom is 0.254 e. The summed E-state index contributed by atoms with van der Waals surface area (Å²) in [6.07, 6.45) is 0. The highest BCUT2D eigenvalue weighted by Crippen LogP contribution is 2.19. The topological polar surface area (TPSA) is 29.5 Å². The third-order valence-electron chi connectivity index (χ3n) is 3.28. The van der Waals surface area contributed by atoms with E-state index in [-0.39, 0.29) is 11.7 Å². The van der Waals surface area contributed by atoms with Crippen LogP contribution in [-0.2, 0) is 6.54 Å². The van der Waals surface area contributed by atoms with Gasteiger partial charge in [0.25, 0.3) is 5.91 Å². The van der Waals surface area contributed by atoms with E-state index in [1.165, 1.54) is 13.2 Å². The standard InChI is InChI=1S/C17H18FNO2/c1-3-19(17(20)14-7-5-4-6-8-14)12-13-9-10-16(21-2)15(18)11-13/h4-11H,3,12H2,1-2H3. The van der Waals surface area contributed by atoms with Crippen molar-refractivity contribution in [3.63, 3.8) is 0 Å². The molecule has 21 heavy (non-hydrogen) atoms. The van der Waals surface area contributed by atoms with Crippen LogP contribution in [0.2, 0.25) is 0 Å². The van der Waals surface area contributed by atoms with E-state index in [4.69, 9.17) is 4.74 Å². The lowest BCUT2D eigenvalue weighted by Crippen LogP contribution is -2.30. The number of hydrogen-bond donors (Lipinski definition) is 0. The molecule has 0 unspecified atom stereocenters. The predicted molar refractivity (Wildman–Crippen MR) is 79.8 cm³/mol. The van der Waals surface area contributed by atoms with Gasteiger partial charge in [0.2, 0.25) is 0 Å². The molecule has 0 aliphatic heterocycles. The van der Waals surface area contributed by atoms with Crippen LogP contribution >= 0.6 is 0 Å². The molecule has 2 aromatic rings. The van der Waals surface area contributed by atoms with Crippen molar-refractivity contribution in [3.8, 4) is 5.75 Å². The van der Waals surface area contributed by atoms with Crippen LogP contribution in [0.1, 0.15) is 22.8 Å². The number of nitrogens with zero attached hydrogens (tertiary/aromatic N) is 1. The molecule has 0 radical (unpaired) electrons. The minimum absolute atomic E-state index is 0.0608. The number of amides is 1. The zero-order valence-electron chi connectivity index (χ0n) is 12.2. The van der Waals surface area contributed by atoms with Gasteiger partial charge in [0.1, 0.15) is 0 Å². The Balaban J connectivity index is 2.16. The number of halogens is 1. The average molecular weight is 287 g/mol. The summed E-state index contributed by atoms with van der Waals surface area (Å²) in [5.74, 6) is -0.274. The number of carbonyl (C=O) groups is 1. The zero-order valence-corrected chi connectivity index (χ0v) is 12.2. The normalized spacial score (nSPS) is 10.2. The van der Waals surface area contributed by atoms with Crippen molar-refractivity contribution in [2.75, 3.05) is 13.7 Å². The molecular formula is C17H18FNO2. The molecule has 0 bridgehead atoms. The summed E-state index contributed by atoms with van der Waals surface area (Å²) in [5.41, 5.74) is 1.37. The number of rotatable bonds is 5. The van der Waals surface area contributed by atoms with E-state index in [9.17, 15) is 9.18 Å². The van der Waals surface area contributed by atoms with Crippen LogP contribution in [0.4, 0.5) is 4.39 Å². The van der Waals surface area contributed by atoms with Gasteiger partial charge in [-0.2, -0.15) is 0 Å².